The van der Waals surface area contributed by atoms with Crippen LogP contribution in [0.3, 0.4) is 0 Å². The molecule has 1 N–H and O–H groups in total. The lowest BCUT2D eigenvalue weighted by Crippen LogP contribution is -2.48. The molecule has 1 rings (SSSR count). The minimum absolute atomic E-state index is 0.755. The van der Waals surface area contributed by atoms with Crippen molar-refractivity contribution in [3.63, 3.8) is 0 Å². The first-order chi connectivity index (χ1) is 7.11. The van der Waals surface area contributed by atoms with Gasteiger partial charge in [0.05, 0.1) is 0 Å². The summed E-state index contributed by atoms with van der Waals surface area (Å²) in [7, 11) is 1.51. The average Bonchev–Trinajstić information content (AvgIpc) is 2.27. The molecular weight excluding hydrogens is 190 g/mol. The van der Waals surface area contributed by atoms with Gasteiger partial charge in [-0.05, 0) is 18.6 Å². The molecule has 0 fully saturated rings. The van der Waals surface area contributed by atoms with Crippen molar-refractivity contribution in [3.05, 3.63) is 30.3 Å². The molecule has 0 aliphatic heterocycles. The Labute approximate surface area is 91.3 Å². The molecule has 1 atom stereocenters. The Morgan fingerprint density at radius 1 is 1.33 bits per heavy atom. The maximum atomic E-state index is 10.1. The molecule has 3 nitrogen and oxygen atoms in total. The van der Waals surface area contributed by atoms with Gasteiger partial charge in [0.2, 0.25) is 5.91 Å². The van der Waals surface area contributed by atoms with E-state index in [0.29, 0.717) is 0 Å². The molecule has 0 saturated carbocycles. The van der Waals surface area contributed by atoms with Crippen molar-refractivity contribution < 1.29 is 9.84 Å². The number of ether oxygens (including phenoxy) is 1. The van der Waals surface area contributed by atoms with Gasteiger partial charge in [-0.15, -0.1) is 0 Å². The van der Waals surface area contributed by atoms with Crippen molar-refractivity contribution >= 4 is 5.69 Å². The summed E-state index contributed by atoms with van der Waals surface area (Å²) in [4.78, 5) is 1.84. The van der Waals surface area contributed by atoms with Gasteiger partial charge in [0, 0.05) is 26.3 Å². The number of para-hydroxylation sites is 1. The summed E-state index contributed by atoms with van der Waals surface area (Å²) >= 11 is 0. The van der Waals surface area contributed by atoms with Gasteiger partial charge in [0.1, 0.15) is 0 Å². The Morgan fingerprint density at radius 2 is 1.93 bits per heavy atom. The molecule has 0 heterocycles. The van der Waals surface area contributed by atoms with Gasteiger partial charge in [0.15, 0.2) is 0 Å². The normalized spacial score (nSPS) is 14.7. The first-order valence-corrected chi connectivity index (χ1v) is 5.22. The van der Waals surface area contributed by atoms with Crippen LogP contribution in [0, 0.1) is 0 Å². The number of rotatable bonds is 5. The van der Waals surface area contributed by atoms with E-state index in [9.17, 15) is 5.11 Å². The summed E-state index contributed by atoms with van der Waals surface area (Å²) in [6.07, 6.45) is 0.953. The zero-order chi connectivity index (χ0) is 11.3. The van der Waals surface area contributed by atoms with Crippen LogP contribution in [0.2, 0.25) is 0 Å². The summed E-state index contributed by atoms with van der Waals surface area (Å²) in [5.41, 5.74) is 0.964. The fourth-order valence-corrected chi connectivity index (χ4v) is 1.52. The van der Waals surface area contributed by atoms with Crippen molar-refractivity contribution in [1.29, 1.82) is 0 Å². The van der Waals surface area contributed by atoms with Crippen molar-refractivity contribution in [2.45, 2.75) is 26.2 Å². The van der Waals surface area contributed by atoms with E-state index in [-0.39, 0.29) is 0 Å². The van der Waals surface area contributed by atoms with Crippen LogP contribution in [0.4, 0.5) is 5.69 Å². The van der Waals surface area contributed by atoms with Crippen molar-refractivity contribution in [1.82, 2.24) is 0 Å². The summed E-state index contributed by atoms with van der Waals surface area (Å²) < 4.78 is 5.09. The van der Waals surface area contributed by atoms with Gasteiger partial charge >= 0.3 is 0 Å². The average molecular weight is 209 g/mol. The molecule has 0 aliphatic carbocycles. The van der Waals surface area contributed by atoms with E-state index in [4.69, 9.17) is 4.74 Å². The topological polar surface area (TPSA) is 32.7 Å². The van der Waals surface area contributed by atoms with E-state index in [1.54, 1.807) is 6.92 Å². The fourth-order valence-electron chi connectivity index (χ4n) is 1.52. The number of benzene rings is 1. The van der Waals surface area contributed by atoms with Gasteiger partial charge in [-0.3, -0.25) is 0 Å². The summed E-state index contributed by atoms with van der Waals surface area (Å²) in [5, 5.41) is 10.1. The summed E-state index contributed by atoms with van der Waals surface area (Å²) in [6.45, 7) is 4.47. The Kier molecular flexibility index (Phi) is 4.12. The summed E-state index contributed by atoms with van der Waals surface area (Å²) in [6, 6.07) is 9.77. The standard InChI is InChI=1S/C12H19NO2/c1-4-10-13(12(2,14)15-3)11-8-6-5-7-9-11/h5-9,14H,4,10H2,1-3H3. The van der Waals surface area contributed by atoms with Crippen LogP contribution >= 0.6 is 0 Å². The zero-order valence-electron chi connectivity index (χ0n) is 9.60. The van der Waals surface area contributed by atoms with Crippen LogP contribution in [-0.4, -0.2) is 24.7 Å². The smallest absolute Gasteiger partial charge is 0.245 e. The second-order valence-corrected chi connectivity index (χ2v) is 3.63. The Hall–Kier alpha value is -1.06. The second kappa shape index (κ2) is 5.14. The molecule has 0 aromatic heterocycles. The van der Waals surface area contributed by atoms with E-state index in [1.807, 2.05) is 35.2 Å². The first kappa shape index (κ1) is 12.0. The monoisotopic (exact) mass is 209 g/mol. The quantitative estimate of drug-likeness (QED) is 0.755. The predicted octanol–water partition coefficient (Wildman–Crippen LogP) is 2.22. The van der Waals surface area contributed by atoms with Crippen molar-refractivity contribution in [2.24, 2.45) is 0 Å². The number of anilines is 1. The van der Waals surface area contributed by atoms with E-state index < -0.39 is 5.91 Å². The molecule has 1 unspecified atom stereocenters. The van der Waals surface area contributed by atoms with Crippen LogP contribution in [0.15, 0.2) is 30.3 Å². The number of methoxy groups -OCH3 is 1. The van der Waals surface area contributed by atoms with E-state index in [0.717, 1.165) is 18.7 Å². The summed E-state index contributed by atoms with van der Waals surface area (Å²) in [5.74, 6) is -1.25. The maximum Gasteiger partial charge on any atom is 0.245 e. The third kappa shape index (κ3) is 2.94. The first-order valence-electron chi connectivity index (χ1n) is 5.22. The van der Waals surface area contributed by atoms with Gasteiger partial charge in [0.25, 0.3) is 0 Å². The Balaban J connectivity index is 2.93. The molecule has 0 spiro atoms. The van der Waals surface area contributed by atoms with Gasteiger partial charge in [-0.2, -0.15) is 0 Å². The van der Waals surface area contributed by atoms with Gasteiger partial charge in [-0.25, -0.2) is 0 Å². The molecule has 84 valence electrons. The SMILES string of the molecule is CCCN(c1ccccc1)C(C)(O)OC. The molecular formula is C12H19NO2. The molecule has 0 radical (unpaired) electrons. The second-order valence-electron chi connectivity index (χ2n) is 3.63. The predicted molar refractivity (Wildman–Crippen MR) is 61.7 cm³/mol. The highest BCUT2D eigenvalue weighted by Crippen LogP contribution is 2.22. The van der Waals surface area contributed by atoms with E-state index in [2.05, 4.69) is 6.92 Å². The van der Waals surface area contributed by atoms with Crippen molar-refractivity contribution in [3.8, 4) is 0 Å². The lowest BCUT2D eigenvalue weighted by molar-refractivity contribution is -0.170. The Morgan fingerprint density at radius 3 is 2.40 bits per heavy atom. The lowest BCUT2D eigenvalue weighted by atomic mass is 10.2. The highest BCUT2D eigenvalue weighted by Gasteiger charge is 2.28. The van der Waals surface area contributed by atoms with Crippen LogP contribution in [0.5, 0.6) is 0 Å². The maximum absolute atomic E-state index is 10.1. The van der Waals surface area contributed by atoms with Crippen LogP contribution < -0.4 is 4.90 Å². The van der Waals surface area contributed by atoms with E-state index in [1.165, 1.54) is 7.11 Å². The minimum atomic E-state index is -1.25. The number of hydrogen-bond acceptors (Lipinski definition) is 3. The molecule has 0 aliphatic rings. The van der Waals surface area contributed by atoms with Gasteiger partial charge < -0.3 is 14.7 Å². The largest absolute Gasteiger partial charge is 0.349 e. The zero-order valence-corrected chi connectivity index (χ0v) is 9.60. The molecule has 0 saturated heterocycles. The molecule has 3 heteroatoms. The molecule has 0 bridgehead atoms. The number of nitrogens with zero attached hydrogens (tertiary/aromatic N) is 1. The molecule has 0 amide bonds. The third-order valence-corrected chi connectivity index (χ3v) is 2.40. The van der Waals surface area contributed by atoms with Crippen LogP contribution in [0.25, 0.3) is 0 Å². The lowest BCUT2D eigenvalue weighted by Gasteiger charge is -2.37. The van der Waals surface area contributed by atoms with Gasteiger partial charge in [-0.1, -0.05) is 25.1 Å². The number of aliphatic hydroxyl groups is 1. The highest BCUT2D eigenvalue weighted by molar-refractivity contribution is 5.47. The van der Waals surface area contributed by atoms with Crippen LogP contribution in [-0.2, 0) is 4.74 Å². The molecule has 1 aromatic rings. The minimum Gasteiger partial charge on any atom is -0.349 e. The fraction of sp³-hybridized carbons (Fsp3) is 0.500. The molecule has 15 heavy (non-hydrogen) atoms. The highest BCUT2D eigenvalue weighted by atomic mass is 16.6. The van der Waals surface area contributed by atoms with E-state index >= 15 is 0 Å². The number of hydrogen-bond donors (Lipinski definition) is 1. The molecule has 1 aromatic carbocycles. The third-order valence-electron chi connectivity index (χ3n) is 2.40. The Bertz CT molecular complexity index is 285. The van der Waals surface area contributed by atoms with Crippen molar-refractivity contribution in [2.75, 3.05) is 18.6 Å². The van der Waals surface area contributed by atoms with Crippen LogP contribution in [0.1, 0.15) is 20.3 Å².